The lowest BCUT2D eigenvalue weighted by molar-refractivity contribution is -0.120. The molecule has 0 aromatic carbocycles. The Labute approximate surface area is 155 Å². The lowest BCUT2D eigenvalue weighted by atomic mass is 9.91. The Morgan fingerprint density at radius 1 is 1.27 bits per heavy atom. The first kappa shape index (κ1) is 21.1. The Balaban J connectivity index is 2.14. The number of ketones is 1. The Hall–Kier alpha value is -1.25. The molecule has 0 saturated carbocycles. The summed E-state index contributed by atoms with van der Waals surface area (Å²) in [5.41, 5.74) is 0.0525. The molecule has 0 atom stereocenters. The Morgan fingerprint density at radius 2 is 1.88 bits per heavy atom. The van der Waals surface area contributed by atoms with Gasteiger partial charge in [0, 0.05) is 31.8 Å². The van der Waals surface area contributed by atoms with Crippen molar-refractivity contribution in [3.8, 4) is 0 Å². The number of sulfone groups is 1. The van der Waals surface area contributed by atoms with Gasteiger partial charge in [-0.25, -0.2) is 8.42 Å². The predicted molar refractivity (Wildman–Crippen MR) is 97.0 cm³/mol. The molecule has 1 aliphatic rings. The summed E-state index contributed by atoms with van der Waals surface area (Å²) in [5, 5.41) is 3.41. The van der Waals surface area contributed by atoms with Crippen molar-refractivity contribution in [2.24, 2.45) is 0 Å². The summed E-state index contributed by atoms with van der Waals surface area (Å²) in [6, 6.07) is 1.70. The summed E-state index contributed by atoms with van der Waals surface area (Å²) in [4.78, 5) is 12.8. The van der Waals surface area contributed by atoms with Gasteiger partial charge in [-0.2, -0.15) is 0 Å². The van der Waals surface area contributed by atoms with Crippen molar-refractivity contribution in [1.82, 2.24) is 5.16 Å². The van der Waals surface area contributed by atoms with E-state index in [1.165, 1.54) is 13.8 Å². The van der Waals surface area contributed by atoms with Crippen molar-refractivity contribution in [3.05, 3.63) is 17.5 Å². The van der Waals surface area contributed by atoms with Gasteiger partial charge in [0.05, 0.1) is 24.0 Å². The van der Waals surface area contributed by atoms with Gasteiger partial charge in [0.1, 0.15) is 10.5 Å². The fraction of sp³-hybridized carbons (Fsp3) is 0.778. The molecule has 1 saturated heterocycles. The van der Waals surface area contributed by atoms with E-state index in [0.717, 1.165) is 0 Å². The van der Waals surface area contributed by atoms with Crippen LogP contribution in [0.5, 0.6) is 0 Å². The number of methoxy groups -OCH3 is 1. The quantitative estimate of drug-likeness (QED) is 0.674. The Morgan fingerprint density at radius 3 is 2.46 bits per heavy atom. The highest BCUT2D eigenvalue weighted by Gasteiger charge is 2.46. The lowest BCUT2D eigenvalue weighted by Crippen LogP contribution is -2.48. The lowest BCUT2D eigenvalue weighted by Gasteiger charge is -2.31. The van der Waals surface area contributed by atoms with E-state index in [2.05, 4.69) is 5.16 Å². The minimum atomic E-state index is -3.62. The standard InChI is InChI=1S/C18H29NO6S/c1-17(2,12-23-5)16-11-13(19-25-16)10-15(20)18(3,4)26(21,22)14-6-8-24-9-7-14/h11,14H,6-10,12H2,1-5H3. The van der Waals surface area contributed by atoms with Gasteiger partial charge in [-0.1, -0.05) is 19.0 Å². The van der Waals surface area contributed by atoms with Crippen molar-refractivity contribution in [2.45, 2.75) is 62.4 Å². The highest BCUT2D eigenvalue weighted by molar-refractivity contribution is 7.94. The van der Waals surface area contributed by atoms with Crippen molar-refractivity contribution in [3.63, 3.8) is 0 Å². The molecule has 2 heterocycles. The maximum Gasteiger partial charge on any atom is 0.165 e. The molecule has 1 aromatic rings. The number of hydrogen-bond acceptors (Lipinski definition) is 7. The minimum Gasteiger partial charge on any atom is -0.384 e. The highest BCUT2D eigenvalue weighted by Crippen LogP contribution is 2.30. The van der Waals surface area contributed by atoms with Crippen LogP contribution in [0.2, 0.25) is 0 Å². The van der Waals surface area contributed by atoms with E-state index in [-0.39, 0.29) is 17.6 Å². The third-order valence-corrected chi connectivity index (χ3v) is 8.06. The molecule has 0 unspecified atom stereocenters. The van der Waals surface area contributed by atoms with Crippen LogP contribution in [-0.2, 0) is 35.9 Å². The number of ether oxygens (including phenoxy) is 2. The summed E-state index contributed by atoms with van der Waals surface area (Å²) < 4.78 is 40.2. The molecule has 0 amide bonds. The number of Topliss-reactive ketones (excluding diaryl/α,β-unsaturated/α-hetero) is 1. The monoisotopic (exact) mass is 387 g/mol. The van der Waals surface area contributed by atoms with Crippen LogP contribution in [-0.4, -0.2) is 56.3 Å². The number of carbonyl (C=O) groups is 1. The molecule has 1 aliphatic heterocycles. The molecule has 148 valence electrons. The van der Waals surface area contributed by atoms with Crippen LogP contribution in [0, 0.1) is 0 Å². The first-order valence-electron chi connectivity index (χ1n) is 8.82. The molecule has 2 rings (SSSR count). The number of rotatable bonds is 8. The van der Waals surface area contributed by atoms with Gasteiger partial charge in [-0.3, -0.25) is 4.79 Å². The molecule has 0 bridgehead atoms. The summed E-state index contributed by atoms with van der Waals surface area (Å²) in [6.07, 6.45) is 0.777. The molecular weight excluding hydrogens is 358 g/mol. The Kier molecular flexibility index (Phi) is 6.30. The zero-order valence-electron chi connectivity index (χ0n) is 16.2. The second-order valence-electron chi connectivity index (χ2n) is 7.97. The van der Waals surface area contributed by atoms with Crippen LogP contribution in [0.25, 0.3) is 0 Å². The SMILES string of the molecule is COCC(C)(C)c1cc(CC(=O)C(C)(C)S(=O)(=O)C2CCOCC2)no1. The van der Waals surface area contributed by atoms with E-state index < -0.39 is 19.8 Å². The van der Waals surface area contributed by atoms with E-state index in [1.807, 2.05) is 13.8 Å². The van der Waals surface area contributed by atoms with Gasteiger partial charge in [-0.15, -0.1) is 0 Å². The van der Waals surface area contributed by atoms with Crippen LogP contribution in [0.3, 0.4) is 0 Å². The van der Waals surface area contributed by atoms with E-state index in [0.29, 0.717) is 44.1 Å². The molecule has 0 aliphatic carbocycles. The smallest absolute Gasteiger partial charge is 0.165 e. The number of nitrogens with zero attached hydrogens (tertiary/aromatic N) is 1. The fourth-order valence-electron chi connectivity index (χ4n) is 3.08. The van der Waals surface area contributed by atoms with Crippen molar-refractivity contribution in [1.29, 1.82) is 0 Å². The van der Waals surface area contributed by atoms with Crippen LogP contribution < -0.4 is 0 Å². The third kappa shape index (κ3) is 4.18. The largest absolute Gasteiger partial charge is 0.384 e. The highest BCUT2D eigenvalue weighted by atomic mass is 32.2. The first-order valence-corrected chi connectivity index (χ1v) is 10.4. The summed E-state index contributed by atoms with van der Waals surface area (Å²) in [5.74, 6) is 0.223. The van der Waals surface area contributed by atoms with E-state index in [1.54, 1.807) is 13.2 Å². The summed E-state index contributed by atoms with van der Waals surface area (Å²) in [6.45, 7) is 8.13. The number of hydrogen-bond donors (Lipinski definition) is 0. The molecular formula is C18H29NO6S. The molecule has 0 spiro atoms. The summed E-state index contributed by atoms with van der Waals surface area (Å²) in [7, 11) is -2.02. The van der Waals surface area contributed by atoms with Crippen LogP contribution in [0.1, 0.15) is 52.0 Å². The Bertz CT molecular complexity index is 729. The normalized spacial score (nSPS) is 17.4. The molecule has 8 heteroatoms. The topological polar surface area (TPSA) is 95.7 Å². The third-order valence-electron chi connectivity index (χ3n) is 5.06. The number of aromatic nitrogens is 1. The molecule has 0 radical (unpaired) electrons. The average Bonchev–Trinajstić information content (AvgIpc) is 3.05. The minimum absolute atomic E-state index is 0.0813. The van der Waals surface area contributed by atoms with E-state index in [9.17, 15) is 13.2 Å². The van der Waals surface area contributed by atoms with Crippen LogP contribution in [0.15, 0.2) is 10.6 Å². The van der Waals surface area contributed by atoms with Gasteiger partial charge >= 0.3 is 0 Å². The summed E-state index contributed by atoms with van der Waals surface area (Å²) >= 11 is 0. The first-order chi connectivity index (χ1) is 12.0. The van der Waals surface area contributed by atoms with Crippen molar-refractivity contribution >= 4 is 15.6 Å². The second-order valence-corrected chi connectivity index (χ2v) is 10.7. The van der Waals surface area contributed by atoms with Gasteiger partial charge in [0.15, 0.2) is 15.6 Å². The van der Waals surface area contributed by atoms with Gasteiger partial charge in [0.2, 0.25) is 0 Å². The van der Waals surface area contributed by atoms with Crippen LogP contribution >= 0.6 is 0 Å². The molecule has 26 heavy (non-hydrogen) atoms. The van der Waals surface area contributed by atoms with Crippen molar-refractivity contribution < 1.29 is 27.2 Å². The van der Waals surface area contributed by atoms with Gasteiger partial charge < -0.3 is 14.0 Å². The molecule has 7 nitrogen and oxygen atoms in total. The zero-order valence-corrected chi connectivity index (χ0v) is 17.0. The van der Waals surface area contributed by atoms with E-state index in [4.69, 9.17) is 14.0 Å². The average molecular weight is 387 g/mol. The maximum absolute atomic E-state index is 13.0. The molecule has 0 N–H and O–H groups in total. The second kappa shape index (κ2) is 7.78. The predicted octanol–water partition coefficient (Wildman–Crippen LogP) is 2.08. The van der Waals surface area contributed by atoms with Crippen LogP contribution in [0.4, 0.5) is 0 Å². The zero-order chi connectivity index (χ0) is 19.6. The number of carbonyl (C=O) groups excluding carboxylic acids is 1. The maximum atomic E-state index is 13.0. The van der Waals surface area contributed by atoms with Gasteiger partial charge in [0.25, 0.3) is 0 Å². The fourth-order valence-corrected chi connectivity index (χ4v) is 5.12. The van der Waals surface area contributed by atoms with Gasteiger partial charge in [-0.05, 0) is 26.7 Å². The van der Waals surface area contributed by atoms with Crippen molar-refractivity contribution in [2.75, 3.05) is 26.9 Å². The van der Waals surface area contributed by atoms with E-state index >= 15 is 0 Å². The molecule has 1 aromatic heterocycles. The molecule has 1 fully saturated rings.